The molecule has 1 heterocycles. The molecule has 0 aliphatic heterocycles. The number of amides is 3. The van der Waals surface area contributed by atoms with Crippen LogP contribution in [0.25, 0.3) is 0 Å². The number of carbonyl (C=O) groups excluding carboxylic acids is 2. The van der Waals surface area contributed by atoms with Crippen LogP contribution in [0.3, 0.4) is 0 Å². The third kappa shape index (κ3) is 4.02. The fourth-order valence-electron chi connectivity index (χ4n) is 1.29. The molecule has 0 aliphatic rings. The summed E-state index contributed by atoms with van der Waals surface area (Å²) in [7, 11) is 0. The summed E-state index contributed by atoms with van der Waals surface area (Å²) in [6.07, 6.45) is 1.47. The number of nitrogens with zero attached hydrogens (tertiary/aromatic N) is 3. The van der Waals surface area contributed by atoms with Crippen LogP contribution < -0.4 is 10.6 Å². The molecule has 0 saturated carbocycles. The van der Waals surface area contributed by atoms with Crippen molar-refractivity contribution in [2.45, 2.75) is 39.3 Å². The zero-order chi connectivity index (χ0) is 14.6. The predicted molar refractivity (Wildman–Crippen MR) is 67.2 cm³/mol. The lowest BCUT2D eigenvalue weighted by molar-refractivity contribution is -0.123. The average Bonchev–Trinajstić information content (AvgIpc) is 2.76. The zero-order valence-corrected chi connectivity index (χ0v) is 11.5. The van der Waals surface area contributed by atoms with Gasteiger partial charge in [-0.05, 0) is 27.7 Å². The van der Waals surface area contributed by atoms with Gasteiger partial charge in [0.1, 0.15) is 17.3 Å². The van der Waals surface area contributed by atoms with E-state index in [0.29, 0.717) is 12.2 Å². The Labute approximate surface area is 111 Å². The molecule has 0 aromatic carbocycles. The van der Waals surface area contributed by atoms with E-state index in [2.05, 4.69) is 20.9 Å². The Morgan fingerprint density at radius 1 is 1.53 bits per heavy atom. The molecule has 0 saturated heterocycles. The molecule has 19 heavy (non-hydrogen) atoms. The fourth-order valence-corrected chi connectivity index (χ4v) is 1.29. The largest absolute Gasteiger partial charge is 0.384 e. The lowest BCUT2D eigenvalue weighted by Gasteiger charge is -2.13. The number of urea groups is 1. The van der Waals surface area contributed by atoms with E-state index < -0.39 is 23.6 Å². The van der Waals surface area contributed by atoms with Crippen LogP contribution in [0.4, 0.5) is 4.79 Å². The first-order valence-corrected chi connectivity index (χ1v) is 5.99. The highest BCUT2D eigenvalue weighted by atomic mass is 16.3. The lowest BCUT2D eigenvalue weighted by Crippen LogP contribution is -2.42. The fraction of sp³-hybridized carbons (Fsp3) is 0.636. The quantitative estimate of drug-likeness (QED) is 0.708. The number of hydrogen-bond donors (Lipinski definition) is 3. The average molecular weight is 269 g/mol. The van der Waals surface area contributed by atoms with Gasteiger partial charge in [-0.2, -0.15) is 0 Å². The summed E-state index contributed by atoms with van der Waals surface area (Å²) in [6, 6.07) is -1.26. The minimum atomic E-state index is -1.13. The van der Waals surface area contributed by atoms with Gasteiger partial charge in [0.25, 0.3) is 5.91 Å². The molecule has 1 unspecified atom stereocenters. The molecule has 8 nitrogen and oxygen atoms in total. The third-order valence-corrected chi connectivity index (χ3v) is 2.49. The normalized spacial score (nSPS) is 12.9. The van der Waals surface area contributed by atoms with Crippen molar-refractivity contribution in [2.24, 2.45) is 0 Å². The first-order valence-electron chi connectivity index (χ1n) is 5.99. The van der Waals surface area contributed by atoms with E-state index in [1.54, 1.807) is 27.7 Å². The number of hydrogen-bond acceptors (Lipinski definition) is 5. The van der Waals surface area contributed by atoms with Crippen LogP contribution in [0.2, 0.25) is 0 Å². The molecule has 1 aromatic rings. The minimum absolute atomic E-state index is 0.352. The molecule has 0 bridgehead atoms. The van der Waals surface area contributed by atoms with Gasteiger partial charge in [0.2, 0.25) is 0 Å². The highest BCUT2D eigenvalue weighted by Gasteiger charge is 2.24. The van der Waals surface area contributed by atoms with Gasteiger partial charge in [-0.3, -0.25) is 10.1 Å². The Bertz CT molecular complexity index is 463. The summed E-state index contributed by atoms with van der Waals surface area (Å²) in [4.78, 5) is 23.0. The van der Waals surface area contributed by atoms with Gasteiger partial charge >= 0.3 is 6.03 Å². The molecule has 3 N–H and O–H groups in total. The molecule has 3 amide bonds. The van der Waals surface area contributed by atoms with Gasteiger partial charge < -0.3 is 10.4 Å². The zero-order valence-electron chi connectivity index (χ0n) is 11.5. The summed E-state index contributed by atoms with van der Waals surface area (Å²) in [5.74, 6) is -0.502. The van der Waals surface area contributed by atoms with Crippen LogP contribution in [-0.4, -0.2) is 38.6 Å². The standard InChI is InChI=1S/C11H19N5O3/c1-5-12-10(18)13-9(17)7(2)16-6-8(14-15-16)11(3,4)19/h6-7,19H,5H2,1-4H3,(H2,12,13,17,18). The van der Waals surface area contributed by atoms with Crippen molar-refractivity contribution in [3.05, 3.63) is 11.9 Å². The van der Waals surface area contributed by atoms with Crippen molar-refractivity contribution in [1.82, 2.24) is 25.6 Å². The van der Waals surface area contributed by atoms with E-state index in [-0.39, 0.29) is 0 Å². The number of imide groups is 1. The van der Waals surface area contributed by atoms with Gasteiger partial charge in [-0.15, -0.1) is 5.10 Å². The SMILES string of the molecule is CCNC(=O)NC(=O)C(C)n1cc(C(C)(C)O)nn1. The van der Waals surface area contributed by atoms with Gasteiger partial charge in [-0.1, -0.05) is 5.21 Å². The number of aromatic nitrogens is 3. The molecule has 0 radical (unpaired) electrons. The molecular formula is C11H19N5O3. The van der Waals surface area contributed by atoms with Crippen molar-refractivity contribution in [1.29, 1.82) is 0 Å². The Morgan fingerprint density at radius 2 is 2.16 bits per heavy atom. The molecule has 106 valence electrons. The molecule has 1 atom stereocenters. The van der Waals surface area contributed by atoms with Crippen molar-refractivity contribution < 1.29 is 14.7 Å². The maximum atomic E-state index is 11.8. The number of rotatable bonds is 4. The van der Waals surface area contributed by atoms with Crippen LogP contribution in [0.5, 0.6) is 0 Å². The number of nitrogens with one attached hydrogen (secondary N) is 2. The van der Waals surface area contributed by atoms with Crippen molar-refractivity contribution in [2.75, 3.05) is 6.54 Å². The van der Waals surface area contributed by atoms with Gasteiger partial charge in [0.05, 0.1) is 6.20 Å². The summed E-state index contributed by atoms with van der Waals surface area (Å²) >= 11 is 0. The molecule has 1 aromatic heterocycles. The first-order chi connectivity index (χ1) is 8.75. The molecule has 0 spiro atoms. The van der Waals surface area contributed by atoms with E-state index in [0.717, 1.165) is 0 Å². The second-order valence-electron chi connectivity index (χ2n) is 4.67. The van der Waals surface area contributed by atoms with Crippen molar-refractivity contribution in [3.63, 3.8) is 0 Å². The third-order valence-electron chi connectivity index (χ3n) is 2.49. The highest BCUT2D eigenvalue weighted by Crippen LogP contribution is 2.17. The number of aliphatic hydroxyl groups is 1. The lowest BCUT2D eigenvalue weighted by atomic mass is 10.1. The van der Waals surface area contributed by atoms with Gasteiger partial charge in [0.15, 0.2) is 0 Å². The van der Waals surface area contributed by atoms with Crippen molar-refractivity contribution in [3.8, 4) is 0 Å². The Hall–Kier alpha value is -1.96. The maximum absolute atomic E-state index is 11.8. The minimum Gasteiger partial charge on any atom is -0.384 e. The molecular weight excluding hydrogens is 250 g/mol. The van der Waals surface area contributed by atoms with E-state index in [4.69, 9.17) is 0 Å². The Balaban J connectivity index is 2.72. The second kappa shape index (κ2) is 5.79. The predicted octanol–water partition coefficient (Wildman–Crippen LogP) is -0.0878. The van der Waals surface area contributed by atoms with E-state index in [9.17, 15) is 14.7 Å². The number of carbonyl (C=O) groups is 2. The summed E-state index contributed by atoms with van der Waals surface area (Å²) < 4.78 is 1.29. The van der Waals surface area contributed by atoms with Crippen LogP contribution in [-0.2, 0) is 10.4 Å². The summed E-state index contributed by atoms with van der Waals surface area (Å²) in [5, 5.41) is 22.0. The van der Waals surface area contributed by atoms with Gasteiger partial charge in [-0.25, -0.2) is 9.48 Å². The van der Waals surface area contributed by atoms with Gasteiger partial charge in [0, 0.05) is 6.54 Å². The molecule has 0 aliphatic carbocycles. The Kier molecular flexibility index (Phi) is 4.60. The van der Waals surface area contributed by atoms with Crippen LogP contribution in [0.15, 0.2) is 6.20 Å². The van der Waals surface area contributed by atoms with Crippen LogP contribution in [0.1, 0.15) is 39.4 Å². The molecule has 0 fully saturated rings. The van der Waals surface area contributed by atoms with E-state index in [1.165, 1.54) is 10.9 Å². The Morgan fingerprint density at radius 3 is 2.63 bits per heavy atom. The van der Waals surface area contributed by atoms with Crippen molar-refractivity contribution >= 4 is 11.9 Å². The molecule has 8 heteroatoms. The summed E-state index contributed by atoms with van der Waals surface area (Å²) in [6.45, 7) is 6.90. The monoisotopic (exact) mass is 269 g/mol. The first kappa shape index (κ1) is 15.1. The molecule has 1 rings (SSSR count). The van der Waals surface area contributed by atoms with E-state index >= 15 is 0 Å². The van der Waals surface area contributed by atoms with Crippen LogP contribution in [0, 0.1) is 0 Å². The topological polar surface area (TPSA) is 109 Å². The summed E-state index contributed by atoms with van der Waals surface area (Å²) in [5.41, 5.74) is -0.779. The smallest absolute Gasteiger partial charge is 0.321 e. The highest BCUT2D eigenvalue weighted by molar-refractivity contribution is 5.95. The maximum Gasteiger partial charge on any atom is 0.321 e. The second-order valence-corrected chi connectivity index (χ2v) is 4.67. The van der Waals surface area contributed by atoms with E-state index in [1.807, 2.05) is 0 Å². The van der Waals surface area contributed by atoms with Crippen LogP contribution >= 0.6 is 0 Å².